The summed E-state index contributed by atoms with van der Waals surface area (Å²) in [6.45, 7) is 4.80. The third-order valence-electron chi connectivity index (χ3n) is 5.35. The Morgan fingerprint density at radius 3 is 2.63 bits per heavy atom. The van der Waals surface area contributed by atoms with Crippen LogP contribution >= 0.6 is 0 Å². The highest BCUT2D eigenvalue weighted by Crippen LogP contribution is 2.30. The number of aromatic nitrogens is 1. The maximum atomic E-state index is 12.9. The SMILES string of the molecule is CN=C(NCc1ncccc1C)NC1CCN(Cc2cccc(C(F)(F)F)c2)CC1. The van der Waals surface area contributed by atoms with E-state index >= 15 is 0 Å². The smallest absolute Gasteiger partial charge is 0.354 e. The second-order valence-corrected chi connectivity index (χ2v) is 7.59. The minimum atomic E-state index is -4.30. The molecule has 162 valence electrons. The van der Waals surface area contributed by atoms with Gasteiger partial charge in [-0.25, -0.2) is 0 Å². The summed E-state index contributed by atoms with van der Waals surface area (Å²) in [5.74, 6) is 0.733. The highest BCUT2D eigenvalue weighted by atomic mass is 19.4. The van der Waals surface area contributed by atoms with Crippen molar-refractivity contribution in [2.45, 2.75) is 45.1 Å². The van der Waals surface area contributed by atoms with Crippen LogP contribution in [0.5, 0.6) is 0 Å². The Hall–Kier alpha value is -2.61. The quantitative estimate of drug-likeness (QED) is 0.573. The van der Waals surface area contributed by atoms with Crippen LogP contribution in [0.1, 0.15) is 35.2 Å². The van der Waals surface area contributed by atoms with Crippen molar-refractivity contribution in [3.63, 3.8) is 0 Å². The number of benzene rings is 1. The maximum Gasteiger partial charge on any atom is 0.416 e. The van der Waals surface area contributed by atoms with Crippen molar-refractivity contribution in [2.24, 2.45) is 4.99 Å². The Kier molecular flexibility index (Phi) is 7.31. The topological polar surface area (TPSA) is 52.6 Å². The molecular weight excluding hydrogens is 391 g/mol. The van der Waals surface area contributed by atoms with Crippen LogP contribution in [0.15, 0.2) is 47.6 Å². The van der Waals surface area contributed by atoms with E-state index in [1.54, 1.807) is 19.3 Å². The molecule has 1 aromatic carbocycles. The van der Waals surface area contributed by atoms with Gasteiger partial charge < -0.3 is 10.6 Å². The Labute approximate surface area is 175 Å². The third kappa shape index (κ3) is 6.19. The lowest BCUT2D eigenvalue weighted by molar-refractivity contribution is -0.137. The van der Waals surface area contributed by atoms with Crippen molar-refractivity contribution in [3.8, 4) is 0 Å². The van der Waals surface area contributed by atoms with Crippen molar-refractivity contribution in [3.05, 3.63) is 65.0 Å². The Morgan fingerprint density at radius 2 is 1.97 bits per heavy atom. The Morgan fingerprint density at radius 1 is 1.20 bits per heavy atom. The largest absolute Gasteiger partial charge is 0.416 e. The fraction of sp³-hybridized carbons (Fsp3) is 0.455. The summed E-state index contributed by atoms with van der Waals surface area (Å²) in [6, 6.07) is 9.81. The molecule has 0 radical (unpaired) electrons. The highest BCUT2D eigenvalue weighted by molar-refractivity contribution is 5.79. The fourth-order valence-corrected chi connectivity index (χ4v) is 3.60. The first kappa shape index (κ1) is 22.1. The van der Waals surface area contributed by atoms with Crippen LogP contribution in [0, 0.1) is 6.92 Å². The normalized spacial score (nSPS) is 16.5. The van der Waals surface area contributed by atoms with Gasteiger partial charge in [-0.15, -0.1) is 0 Å². The standard InChI is InChI=1S/C22H28F3N5/c1-16-5-4-10-27-20(16)14-28-21(26-2)29-19-8-11-30(12-9-19)15-17-6-3-7-18(13-17)22(23,24)25/h3-7,10,13,19H,8-9,11-12,14-15H2,1-2H3,(H2,26,28,29). The molecular formula is C22H28F3N5. The first-order valence-electron chi connectivity index (χ1n) is 10.1. The predicted molar refractivity (Wildman–Crippen MR) is 112 cm³/mol. The van der Waals surface area contributed by atoms with Crippen LogP contribution < -0.4 is 10.6 Å². The molecule has 2 aromatic rings. The zero-order chi connectivity index (χ0) is 21.6. The minimum Gasteiger partial charge on any atom is -0.354 e. The average Bonchev–Trinajstić information content (AvgIpc) is 2.73. The van der Waals surface area contributed by atoms with Crippen molar-refractivity contribution in [1.82, 2.24) is 20.5 Å². The van der Waals surface area contributed by atoms with Crippen molar-refractivity contribution >= 4 is 5.96 Å². The number of guanidine groups is 1. The number of aryl methyl sites for hydroxylation is 1. The molecule has 0 atom stereocenters. The molecule has 1 saturated heterocycles. The van der Waals surface area contributed by atoms with Crippen LogP contribution in [0.3, 0.4) is 0 Å². The molecule has 5 nitrogen and oxygen atoms in total. The summed E-state index contributed by atoms with van der Waals surface area (Å²) in [7, 11) is 1.74. The minimum absolute atomic E-state index is 0.277. The number of pyridine rings is 1. The highest BCUT2D eigenvalue weighted by Gasteiger charge is 2.30. The molecule has 0 amide bonds. The Bertz CT molecular complexity index is 858. The van der Waals surface area contributed by atoms with Crippen LogP contribution in [0.2, 0.25) is 0 Å². The molecule has 1 aromatic heterocycles. The van der Waals surface area contributed by atoms with Crippen molar-refractivity contribution < 1.29 is 13.2 Å². The lowest BCUT2D eigenvalue weighted by atomic mass is 10.0. The number of rotatable bonds is 5. The van der Waals surface area contributed by atoms with E-state index in [2.05, 4.69) is 25.5 Å². The second kappa shape index (κ2) is 9.93. The summed E-state index contributed by atoms with van der Waals surface area (Å²) in [5.41, 5.74) is 2.22. The van der Waals surface area contributed by atoms with Gasteiger partial charge >= 0.3 is 6.18 Å². The van der Waals surface area contributed by atoms with E-state index < -0.39 is 11.7 Å². The summed E-state index contributed by atoms with van der Waals surface area (Å²) < 4.78 is 38.7. The molecule has 0 bridgehead atoms. The molecule has 1 aliphatic rings. The molecule has 2 N–H and O–H groups in total. The van der Waals surface area contributed by atoms with Gasteiger partial charge in [0, 0.05) is 38.9 Å². The van der Waals surface area contributed by atoms with E-state index in [9.17, 15) is 13.2 Å². The van der Waals surface area contributed by atoms with Crippen LogP contribution in [-0.4, -0.2) is 42.0 Å². The van der Waals surface area contributed by atoms with Gasteiger partial charge in [0.25, 0.3) is 0 Å². The zero-order valence-corrected chi connectivity index (χ0v) is 17.3. The van der Waals surface area contributed by atoms with Crippen LogP contribution in [-0.2, 0) is 19.3 Å². The molecule has 0 spiro atoms. The van der Waals surface area contributed by atoms with Gasteiger partial charge in [0.15, 0.2) is 5.96 Å². The number of alkyl halides is 3. The molecule has 0 saturated carbocycles. The van der Waals surface area contributed by atoms with Crippen LogP contribution in [0.4, 0.5) is 13.2 Å². The number of piperidine rings is 1. The van der Waals surface area contributed by atoms with Crippen LogP contribution in [0.25, 0.3) is 0 Å². The van der Waals surface area contributed by atoms with E-state index in [0.29, 0.717) is 18.7 Å². The van der Waals surface area contributed by atoms with E-state index in [4.69, 9.17) is 0 Å². The average molecular weight is 419 g/mol. The number of hydrogen-bond donors (Lipinski definition) is 2. The fourth-order valence-electron chi connectivity index (χ4n) is 3.60. The molecule has 3 rings (SSSR count). The van der Waals surface area contributed by atoms with E-state index in [-0.39, 0.29) is 6.04 Å². The van der Waals surface area contributed by atoms with Gasteiger partial charge in [-0.05, 0) is 43.0 Å². The molecule has 1 aliphatic heterocycles. The maximum absolute atomic E-state index is 12.9. The first-order chi connectivity index (χ1) is 14.3. The van der Waals surface area contributed by atoms with Gasteiger partial charge in [0.1, 0.15) is 0 Å². The van der Waals surface area contributed by atoms with Gasteiger partial charge in [-0.2, -0.15) is 13.2 Å². The van der Waals surface area contributed by atoms with Gasteiger partial charge in [0.05, 0.1) is 17.8 Å². The van der Waals surface area contributed by atoms with Crippen molar-refractivity contribution in [2.75, 3.05) is 20.1 Å². The lowest BCUT2D eigenvalue weighted by Crippen LogP contribution is -2.48. The van der Waals surface area contributed by atoms with E-state index in [1.165, 1.54) is 12.1 Å². The molecule has 2 heterocycles. The summed E-state index contributed by atoms with van der Waals surface area (Å²) in [4.78, 5) is 10.9. The van der Waals surface area contributed by atoms with Crippen molar-refractivity contribution in [1.29, 1.82) is 0 Å². The number of likely N-dealkylation sites (tertiary alicyclic amines) is 1. The Balaban J connectivity index is 1.46. The summed E-state index contributed by atoms with van der Waals surface area (Å²) >= 11 is 0. The monoisotopic (exact) mass is 419 g/mol. The first-order valence-corrected chi connectivity index (χ1v) is 10.1. The number of nitrogens with zero attached hydrogens (tertiary/aromatic N) is 3. The predicted octanol–water partition coefficient (Wildman–Crippen LogP) is 3.74. The molecule has 0 aliphatic carbocycles. The van der Waals surface area contributed by atoms with E-state index in [0.717, 1.165) is 49.2 Å². The summed E-state index contributed by atoms with van der Waals surface area (Å²) in [6.07, 6.45) is -0.714. The molecule has 8 heteroatoms. The van der Waals surface area contributed by atoms with E-state index in [1.807, 2.05) is 19.1 Å². The second-order valence-electron chi connectivity index (χ2n) is 7.59. The molecule has 0 unspecified atom stereocenters. The number of nitrogens with one attached hydrogen (secondary N) is 2. The lowest BCUT2D eigenvalue weighted by Gasteiger charge is -2.33. The zero-order valence-electron chi connectivity index (χ0n) is 17.3. The molecule has 30 heavy (non-hydrogen) atoms. The number of aliphatic imine (C=N–C) groups is 1. The van der Waals surface area contributed by atoms with Gasteiger partial charge in [0.2, 0.25) is 0 Å². The molecule has 1 fully saturated rings. The number of hydrogen-bond acceptors (Lipinski definition) is 3. The van der Waals surface area contributed by atoms with Gasteiger partial charge in [-0.1, -0.05) is 24.3 Å². The van der Waals surface area contributed by atoms with Gasteiger partial charge in [-0.3, -0.25) is 14.9 Å². The summed E-state index contributed by atoms with van der Waals surface area (Å²) in [5, 5.41) is 6.75. The number of halogens is 3. The third-order valence-corrected chi connectivity index (χ3v) is 5.35.